The molecular formula is C21H24N2O3. The summed E-state index contributed by atoms with van der Waals surface area (Å²) >= 11 is 0. The Balaban J connectivity index is 1.48. The molecule has 0 bridgehead atoms. The van der Waals surface area contributed by atoms with Crippen LogP contribution in [-0.2, 0) is 22.4 Å². The lowest BCUT2D eigenvalue weighted by atomic mass is 9.82. The van der Waals surface area contributed by atoms with Crippen LogP contribution in [0.1, 0.15) is 42.4 Å². The molecule has 0 saturated carbocycles. The van der Waals surface area contributed by atoms with Gasteiger partial charge in [-0.2, -0.15) is 0 Å². The number of carbonyl (C=O) groups is 2. The van der Waals surface area contributed by atoms with Crippen LogP contribution in [0.3, 0.4) is 0 Å². The number of hydrogen-bond acceptors (Lipinski definition) is 3. The van der Waals surface area contributed by atoms with Crippen LogP contribution in [0.2, 0.25) is 0 Å². The summed E-state index contributed by atoms with van der Waals surface area (Å²) in [5.74, 6) is -0.160. The summed E-state index contributed by atoms with van der Waals surface area (Å²) in [5.41, 5.74) is 8.44. The van der Waals surface area contributed by atoms with E-state index < -0.39 is 0 Å². The maximum Gasteiger partial charge on any atom is 0.276 e. The molecule has 26 heavy (non-hydrogen) atoms. The fourth-order valence-electron chi connectivity index (χ4n) is 3.25. The van der Waals surface area contributed by atoms with E-state index in [1.165, 1.54) is 11.1 Å². The lowest BCUT2D eigenvalue weighted by Gasteiger charge is -2.24. The van der Waals surface area contributed by atoms with E-state index in [4.69, 9.17) is 4.74 Å². The van der Waals surface area contributed by atoms with Gasteiger partial charge in [-0.15, -0.1) is 0 Å². The maximum absolute atomic E-state index is 12.4. The fourth-order valence-corrected chi connectivity index (χ4v) is 3.25. The van der Waals surface area contributed by atoms with Gasteiger partial charge in [-0.1, -0.05) is 43.3 Å². The second-order valence-electron chi connectivity index (χ2n) is 6.47. The van der Waals surface area contributed by atoms with E-state index in [1.54, 1.807) is 0 Å². The maximum atomic E-state index is 12.4. The third-order valence-electron chi connectivity index (χ3n) is 4.71. The van der Waals surface area contributed by atoms with Gasteiger partial charge >= 0.3 is 0 Å². The third-order valence-corrected chi connectivity index (χ3v) is 4.71. The van der Waals surface area contributed by atoms with Gasteiger partial charge in [0.05, 0.1) is 5.92 Å². The number of hydrazine groups is 1. The summed E-state index contributed by atoms with van der Waals surface area (Å²) in [6.07, 6.45) is 3.72. The Kier molecular flexibility index (Phi) is 5.89. The van der Waals surface area contributed by atoms with Crippen molar-refractivity contribution < 1.29 is 14.3 Å². The van der Waals surface area contributed by atoms with Crippen molar-refractivity contribution >= 4 is 11.8 Å². The minimum absolute atomic E-state index is 0.146. The molecule has 2 amide bonds. The molecule has 0 spiro atoms. The van der Waals surface area contributed by atoms with Crippen molar-refractivity contribution in [3.63, 3.8) is 0 Å². The van der Waals surface area contributed by atoms with Crippen molar-refractivity contribution in [1.82, 2.24) is 10.9 Å². The lowest BCUT2D eigenvalue weighted by Crippen LogP contribution is -2.46. The molecule has 5 nitrogen and oxygen atoms in total. The van der Waals surface area contributed by atoms with Crippen molar-refractivity contribution in [2.75, 3.05) is 6.61 Å². The molecule has 1 aliphatic carbocycles. The molecule has 136 valence electrons. The molecule has 0 aromatic heterocycles. The molecule has 1 unspecified atom stereocenters. The van der Waals surface area contributed by atoms with Crippen LogP contribution >= 0.6 is 0 Å². The Hall–Kier alpha value is -2.82. The Morgan fingerprint density at radius 1 is 1.08 bits per heavy atom. The van der Waals surface area contributed by atoms with Gasteiger partial charge in [0.1, 0.15) is 5.75 Å². The molecule has 0 heterocycles. The van der Waals surface area contributed by atoms with E-state index in [1.807, 2.05) is 42.5 Å². The van der Waals surface area contributed by atoms with Crippen LogP contribution in [0, 0.1) is 0 Å². The van der Waals surface area contributed by atoms with Gasteiger partial charge in [-0.3, -0.25) is 20.4 Å². The highest BCUT2D eigenvalue weighted by Gasteiger charge is 2.26. The number of benzene rings is 2. The Labute approximate surface area is 153 Å². The standard InChI is InChI=1S/C21H24N2O3/c1-2-15-10-12-17(13-11-15)26-14-20(24)22-23-21(25)19-9-5-7-16-6-3-4-8-18(16)19/h3-4,6,8,10-13,19H,2,5,7,9,14H2,1H3,(H,22,24)(H,23,25). The van der Waals surface area contributed by atoms with E-state index in [-0.39, 0.29) is 24.3 Å². The second-order valence-corrected chi connectivity index (χ2v) is 6.47. The van der Waals surface area contributed by atoms with Crippen molar-refractivity contribution in [2.45, 2.75) is 38.5 Å². The molecule has 2 aromatic carbocycles. The number of hydrogen-bond donors (Lipinski definition) is 2. The van der Waals surface area contributed by atoms with Crippen molar-refractivity contribution in [2.24, 2.45) is 0 Å². The van der Waals surface area contributed by atoms with Gasteiger partial charge in [0.2, 0.25) is 5.91 Å². The summed E-state index contributed by atoms with van der Waals surface area (Å²) in [4.78, 5) is 24.4. The zero-order chi connectivity index (χ0) is 18.4. The predicted molar refractivity (Wildman–Crippen MR) is 99.7 cm³/mol. The first-order valence-corrected chi connectivity index (χ1v) is 9.05. The highest BCUT2D eigenvalue weighted by Crippen LogP contribution is 2.31. The smallest absolute Gasteiger partial charge is 0.276 e. The van der Waals surface area contributed by atoms with Crippen LogP contribution in [0.4, 0.5) is 0 Å². The summed E-state index contributed by atoms with van der Waals surface area (Å²) in [7, 11) is 0. The van der Waals surface area contributed by atoms with Gasteiger partial charge < -0.3 is 4.74 Å². The van der Waals surface area contributed by atoms with Crippen molar-refractivity contribution in [1.29, 1.82) is 0 Å². The minimum Gasteiger partial charge on any atom is -0.484 e. The van der Waals surface area contributed by atoms with Gasteiger partial charge in [0, 0.05) is 0 Å². The predicted octanol–water partition coefficient (Wildman–Crippen LogP) is 2.90. The normalized spacial score (nSPS) is 15.7. The second kappa shape index (κ2) is 8.52. The van der Waals surface area contributed by atoms with Crippen LogP contribution in [-0.4, -0.2) is 18.4 Å². The molecule has 0 aliphatic heterocycles. The highest BCUT2D eigenvalue weighted by molar-refractivity contribution is 5.87. The topological polar surface area (TPSA) is 67.4 Å². The fraction of sp³-hybridized carbons (Fsp3) is 0.333. The van der Waals surface area contributed by atoms with E-state index in [0.717, 1.165) is 31.2 Å². The number of ether oxygens (including phenoxy) is 1. The number of rotatable bonds is 5. The van der Waals surface area contributed by atoms with Crippen LogP contribution in [0.15, 0.2) is 48.5 Å². The first-order valence-electron chi connectivity index (χ1n) is 9.05. The monoisotopic (exact) mass is 352 g/mol. The highest BCUT2D eigenvalue weighted by atomic mass is 16.5. The molecule has 0 radical (unpaired) electrons. The zero-order valence-electron chi connectivity index (χ0n) is 15.0. The number of amides is 2. The molecule has 5 heteroatoms. The van der Waals surface area contributed by atoms with Gasteiger partial charge in [-0.25, -0.2) is 0 Å². The van der Waals surface area contributed by atoms with Crippen LogP contribution < -0.4 is 15.6 Å². The minimum atomic E-state index is -0.387. The summed E-state index contributed by atoms with van der Waals surface area (Å²) in [5, 5.41) is 0. The first kappa shape index (κ1) is 18.0. The Morgan fingerprint density at radius 3 is 2.62 bits per heavy atom. The van der Waals surface area contributed by atoms with Crippen LogP contribution in [0.5, 0.6) is 5.75 Å². The largest absolute Gasteiger partial charge is 0.484 e. The van der Waals surface area contributed by atoms with Crippen LogP contribution in [0.25, 0.3) is 0 Å². The average Bonchev–Trinajstić information content (AvgIpc) is 2.70. The number of fused-ring (bicyclic) bond motifs is 1. The summed E-state index contributed by atoms with van der Waals surface area (Å²) in [6, 6.07) is 15.6. The molecule has 0 saturated heterocycles. The average molecular weight is 352 g/mol. The number of nitrogens with one attached hydrogen (secondary N) is 2. The molecular weight excluding hydrogens is 328 g/mol. The first-order chi connectivity index (χ1) is 12.7. The van der Waals surface area contributed by atoms with E-state index in [0.29, 0.717) is 5.75 Å². The van der Waals surface area contributed by atoms with E-state index in [9.17, 15) is 9.59 Å². The SMILES string of the molecule is CCc1ccc(OCC(=O)NNC(=O)C2CCCc3ccccc32)cc1. The lowest BCUT2D eigenvalue weighted by molar-refractivity contribution is -0.130. The number of aryl methyl sites for hydroxylation is 2. The molecule has 2 aromatic rings. The van der Waals surface area contributed by atoms with Gasteiger partial charge in [0.25, 0.3) is 5.91 Å². The Morgan fingerprint density at radius 2 is 1.85 bits per heavy atom. The van der Waals surface area contributed by atoms with E-state index >= 15 is 0 Å². The van der Waals surface area contributed by atoms with Crippen molar-refractivity contribution in [3.05, 3.63) is 65.2 Å². The Bertz CT molecular complexity index is 771. The molecule has 0 fully saturated rings. The van der Waals surface area contributed by atoms with Crippen molar-refractivity contribution in [3.8, 4) is 5.75 Å². The summed E-state index contributed by atoms with van der Waals surface area (Å²) in [6.45, 7) is 1.93. The molecule has 3 rings (SSSR count). The zero-order valence-corrected chi connectivity index (χ0v) is 15.0. The molecule has 1 aliphatic rings. The van der Waals surface area contributed by atoms with E-state index in [2.05, 4.69) is 23.8 Å². The van der Waals surface area contributed by atoms with Gasteiger partial charge in [-0.05, 0) is 54.5 Å². The number of carbonyl (C=O) groups excluding carboxylic acids is 2. The third kappa shape index (κ3) is 4.42. The molecule has 1 atom stereocenters. The quantitative estimate of drug-likeness (QED) is 0.813. The molecule has 2 N–H and O–H groups in total. The summed E-state index contributed by atoms with van der Waals surface area (Å²) < 4.78 is 5.44. The van der Waals surface area contributed by atoms with Gasteiger partial charge in [0.15, 0.2) is 6.61 Å².